The summed E-state index contributed by atoms with van der Waals surface area (Å²) >= 11 is 0. The molecule has 3 aromatic rings. The van der Waals surface area contributed by atoms with Gasteiger partial charge in [-0.05, 0) is 18.2 Å². The maximum absolute atomic E-state index is 12.7. The molecule has 2 heterocycles. The van der Waals surface area contributed by atoms with Crippen molar-refractivity contribution < 1.29 is 13.2 Å². The van der Waals surface area contributed by atoms with E-state index in [1.54, 1.807) is 7.05 Å². The van der Waals surface area contributed by atoms with Crippen molar-refractivity contribution in [3.05, 3.63) is 36.2 Å². The summed E-state index contributed by atoms with van der Waals surface area (Å²) in [7, 11) is 1.66. The quantitative estimate of drug-likeness (QED) is 0.786. The fourth-order valence-electron chi connectivity index (χ4n) is 1.85. The van der Waals surface area contributed by atoms with Gasteiger partial charge in [0, 0.05) is 12.7 Å². The number of fused-ring (bicyclic) bond motifs is 1. The van der Waals surface area contributed by atoms with E-state index in [2.05, 4.69) is 25.6 Å². The molecule has 108 valence electrons. The molecule has 0 fully saturated rings. The molecule has 0 aliphatic rings. The topological polar surface area (TPSA) is 68.5 Å². The summed E-state index contributed by atoms with van der Waals surface area (Å²) in [6, 6.07) is 4.84. The summed E-state index contributed by atoms with van der Waals surface area (Å²) in [6.45, 7) is 0. The van der Waals surface area contributed by atoms with Crippen LogP contribution in [-0.4, -0.2) is 25.0 Å². The van der Waals surface area contributed by atoms with E-state index in [0.717, 1.165) is 12.1 Å². The summed E-state index contributed by atoms with van der Waals surface area (Å²) in [5.74, 6) is 0.299. The Morgan fingerprint density at radius 2 is 2.00 bits per heavy atom. The van der Waals surface area contributed by atoms with Gasteiger partial charge in [0.25, 0.3) is 0 Å². The zero-order valence-corrected chi connectivity index (χ0v) is 10.8. The number of anilines is 2. The van der Waals surface area contributed by atoms with E-state index < -0.39 is 11.7 Å². The van der Waals surface area contributed by atoms with Crippen molar-refractivity contribution in [2.75, 3.05) is 5.32 Å². The molecule has 0 spiro atoms. The highest BCUT2D eigenvalue weighted by atomic mass is 19.4. The van der Waals surface area contributed by atoms with Crippen LogP contribution >= 0.6 is 0 Å². The van der Waals surface area contributed by atoms with Gasteiger partial charge in [0.05, 0.1) is 5.56 Å². The summed E-state index contributed by atoms with van der Waals surface area (Å²) in [6.07, 6.45) is -3.10. The molecule has 1 aromatic carbocycles. The molecule has 0 aliphatic heterocycles. The number of rotatable bonds is 2. The van der Waals surface area contributed by atoms with Crippen molar-refractivity contribution in [3.8, 4) is 0 Å². The fourth-order valence-corrected chi connectivity index (χ4v) is 1.85. The minimum atomic E-state index is -4.40. The minimum absolute atomic E-state index is 0.260. The molecule has 21 heavy (non-hydrogen) atoms. The molecule has 0 amide bonds. The molecule has 0 saturated carbocycles. The number of benzene rings is 1. The van der Waals surface area contributed by atoms with Crippen molar-refractivity contribution in [1.29, 1.82) is 0 Å². The second-order valence-corrected chi connectivity index (χ2v) is 4.31. The van der Waals surface area contributed by atoms with E-state index in [1.165, 1.54) is 23.1 Å². The van der Waals surface area contributed by atoms with Gasteiger partial charge in [-0.3, -0.25) is 0 Å². The van der Waals surface area contributed by atoms with Gasteiger partial charge in [0.15, 0.2) is 17.0 Å². The molecular formula is C12H9F3N6. The van der Waals surface area contributed by atoms with Crippen molar-refractivity contribution in [3.63, 3.8) is 0 Å². The monoisotopic (exact) mass is 294 g/mol. The first-order chi connectivity index (χ1) is 9.95. The maximum atomic E-state index is 12.7. The van der Waals surface area contributed by atoms with Gasteiger partial charge in [-0.15, -0.1) is 5.10 Å². The molecule has 2 aromatic heterocycles. The van der Waals surface area contributed by atoms with Gasteiger partial charge in [0.1, 0.15) is 6.33 Å². The number of alkyl halides is 3. The van der Waals surface area contributed by atoms with Crippen LogP contribution in [-0.2, 0) is 13.2 Å². The average molecular weight is 294 g/mol. The van der Waals surface area contributed by atoms with E-state index in [9.17, 15) is 13.2 Å². The Morgan fingerprint density at radius 3 is 2.76 bits per heavy atom. The van der Waals surface area contributed by atoms with Crippen molar-refractivity contribution in [2.45, 2.75) is 6.18 Å². The predicted molar refractivity (Wildman–Crippen MR) is 68.8 cm³/mol. The van der Waals surface area contributed by atoms with Crippen LogP contribution in [0.4, 0.5) is 24.7 Å². The van der Waals surface area contributed by atoms with Crippen LogP contribution in [0, 0.1) is 0 Å². The van der Waals surface area contributed by atoms with Crippen molar-refractivity contribution in [1.82, 2.24) is 25.0 Å². The Hall–Kier alpha value is -2.71. The van der Waals surface area contributed by atoms with Crippen LogP contribution in [0.15, 0.2) is 30.6 Å². The first kappa shape index (κ1) is 13.3. The largest absolute Gasteiger partial charge is 0.416 e. The standard InChI is InChI=1S/C12H9F3N6/c1-21-11-9(19-20-21)10(16-6-17-11)18-8-4-2-3-7(5-8)12(13,14)15/h2-6H,1H3,(H,16,17,18). The molecule has 6 nitrogen and oxygen atoms in total. The summed E-state index contributed by atoms with van der Waals surface area (Å²) in [5.41, 5.74) is 0.393. The van der Waals surface area contributed by atoms with Gasteiger partial charge in [-0.2, -0.15) is 13.2 Å². The second kappa shape index (κ2) is 4.69. The lowest BCUT2D eigenvalue weighted by atomic mass is 10.2. The Bertz CT molecular complexity index is 795. The second-order valence-electron chi connectivity index (χ2n) is 4.31. The highest BCUT2D eigenvalue weighted by Gasteiger charge is 2.30. The van der Waals surface area contributed by atoms with E-state index in [0.29, 0.717) is 17.0 Å². The van der Waals surface area contributed by atoms with Crippen molar-refractivity contribution >= 4 is 22.7 Å². The normalized spacial score (nSPS) is 11.8. The van der Waals surface area contributed by atoms with Crippen LogP contribution < -0.4 is 5.32 Å². The van der Waals surface area contributed by atoms with Crippen LogP contribution in [0.3, 0.4) is 0 Å². The molecule has 3 rings (SSSR count). The number of nitrogens with one attached hydrogen (secondary N) is 1. The third-order valence-corrected chi connectivity index (χ3v) is 2.84. The van der Waals surface area contributed by atoms with Gasteiger partial charge >= 0.3 is 6.18 Å². The zero-order chi connectivity index (χ0) is 15.0. The predicted octanol–water partition coefficient (Wildman–Crippen LogP) is 2.52. The van der Waals surface area contributed by atoms with E-state index in [-0.39, 0.29) is 5.69 Å². The third-order valence-electron chi connectivity index (χ3n) is 2.84. The number of hydrogen-bond donors (Lipinski definition) is 1. The summed E-state index contributed by atoms with van der Waals surface area (Å²) < 4.78 is 39.5. The van der Waals surface area contributed by atoms with E-state index >= 15 is 0 Å². The van der Waals surface area contributed by atoms with Crippen LogP contribution in [0.25, 0.3) is 11.2 Å². The van der Waals surface area contributed by atoms with E-state index in [4.69, 9.17) is 0 Å². The summed E-state index contributed by atoms with van der Waals surface area (Å²) in [4.78, 5) is 7.99. The van der Waals surface area contributed by atoms with Crippen LogP contribution in [0.5, 0.6) is 0 Å². The Labute approximate surface area is 116 Å². The SMILES string of the molecule is Cn1nnc2c(Nc3cccc(C(F)(F)F)c3)ncnc21. The molecule has 0 aliphatic carbocycles. The third kappa shape index (κ3) is 2.49. The van der Waals surface area contributed by atoms with Crippen molar-refractivity contribution in [2.24, 2.45) is 7.05 Å². The fraction of sp³-hybridized carbons (Fsp3) is 0.167. The lowest BCUT2D eigenvalue weighted by molar-refractivity contribution is -0.137. The highest BCUT2D eigenvalue weighted by Crippen LogP contribution is 2.31. The lowest BCUT2D eigenvalue weighted by Gasteiger charge is -2.10. The van der Waals surface area contributed by atoms with Crippen LogP contribution in [0.2, 0.25) is 0 Å². The Morgan fingerprint density at radius 1 is 1.19 bits per heavy atom. The molecule has 0 atom stereocenters. The average Bonchev–Trinajstić information content (AvgIpc) is 2.81. The highest BCUT2D eigenvalue weighted by molar-refractivity contribution is 5.84. The summed E-state index contributed by atoms with van der Waals surface area (Å²) in [5, 5.41) is 10.5. The van der Waals surface area contributed by atoms with Crippen LogP contribution in [0.1, 0.15) is 5.56 Å². The van der Waals surface area contributed by atoms with Gasteiger partial charge in [-0.1, -0.05) is 11.3 Å². The number of halogens is 3. The Balaban J connectivity index is 1.99. The molecule has 0 bridgehead atoms. The first-order valence-electron chi connectivity index (χ1n) is 5.90. The smallest absolute Gasteiger partial charge is 0.338 e. The number of aromatic nitrogens is 5. The maximum Gasteiger partial charge on any atom is 0.416 e. The zero-order valence-electron chi connectivity index (χ0n) is 10.8. The number of nitrogens with zero attached hydrogens (tertiary/aromatic N) is 5. The van der Waals surface area contributed by atoms with Gasteiger partial charge in [-0.25, -0.2) is 14.6 Å². The molecule has 0 saturated heterocycles. The Kier molecular flexibility index (Phi) is 2.96. The lowest BCUT2D eigenvalue weighted by Crippen LogP contribution is -2.05. The first-order valence-corrected chi connectivity index (χ1v) is 5.90. The number of hydrogen-bond acceptors (Lipinski definition) is 5. The van der Waals surface area contributed by atoms with Gasteiger partial charge in [0.2, 0.25) is 0 Å². The molecular weight excluding hydrogens is 285 g/mol. The molecule has 1 N–H and O–H groups in total. The minimum Gasteiger partial charge on any atom is -0.338 e. The molecule has 0 radical (unpaired) electrons. The molecule has 0 unspecified atom stereocenters. The number of aryl methyl sites for hydroxylation is 1. The molecule has 9 heteroatoms. The van der Waals surface area contributed by atoms with Gasteiger partial charge < -0.3 is 5.32 Å². The van der Waals surface area contributed by atoms with E-state index in [1.807, 2.05) is 0 Å².